The summed E-state index contributed by atoms with van der Waals surface area (Å²) in [7, 11) is -3.98. The van der Waals surface area contributed by atoms with Gasteiger partial charge in [0.15, 0.2) is 0 Å². The molecule has 0 aliphatic rings. The Hall–Kier alpha value is -3.28. The van der Waals surface area contributed by atoms with Gasteiger partial charge in [0.2, 0.25) is 21.8 Å². The Kier molecular flexibility index (Phi) is 11.9. The Labute approximate surface area is 259 Å². The van der Waals surface area contributed by atoms with Crippen LogP contribution in [0.4, 0.5) is 18.9 Å². The first kappa shape index (κ1) is 34.2. The average molecular weight is 659 g/mol. The maximum Gasteiger partial charge on any atom is 0.416 e. The molecule has 1 unspecified atom stereocenters. The normalized spacial score (nSPS) is 12.4. The lowest BCUT2D eigenvalue weighted by Gasteiger charge is -2.32. The number of alkyl halides is 3. The van der Waals surface area contributed by atoms with Gasteiger partial charge < -0.3 is 10.2 Å². The number of sulfonamides is 1. The van der Waals surface area contributed by atoms with Crippen LogP contribution in [0.2, 0.25) is 10.0 Å². The number of carbonyl (C=O) groups is 2. The molecule has 7 nitrogen and oxygen atoms in total. The van der Waals surface area contributed by atoms with Crippen LogP contribution in [0.25, 0.3) is 0 Å². The van der Waals surface area contributed by atoms with Crippen LogP contribution in [0.1, 0.15) is 36.5 Å². The van der Waals surface area contributed by atoms with E-state index in [1.807, 2.05) is 30.3 Å². The standard InChI is InChI=1S/C30H32Cl2F3N3O4S/c1-3-36-29(40)27(18-21-9-5-4-6-10-21)37(20-22-14-15-25(31)26(32)17-22)28(39)13-8-16-38(43(2,41)42)24-12-7-11-23(19-24)30(33,34)35/h4-7,9-12,14-15,17,19,27H,3,8,13,16,18,20H2,1-2H3,(H,36,40). The molecule has 0 spiro atoms. The largest absolute Gasteiger partial charge is 0.416 e. The highest BCUT2D eigenvalue weighted by Crippen LogP contribution is 2.32. The van der Waals surface area contributed by atoms with Gasteiger partial charge in [0.1, 0.15) is 6.04 Å². The van der Waals surface area contributed by atoms with Crippen molar-refractivity contribution >= 4 is 50.7 Å². The van der Waals surface area contributed by atoms with Gasteiger partial charge in [-0.15, -0.1) is 0 Å². The van der Waals surface area contributed by atoms with Crippen molar-refractivity contribution in [2.75, 3.05) is 23.7 Å². The Morgan fingerprint density at radius 1 is 0.930 bits per heavy atom. The molecule has 0 bridgehead atoms. The smallest absolute Gasteiger partial charge is 0.355 e. The number of nitrogens with one attached hydrogen (secondary N) is 1. The molecule has 2 amide bonds. The summed E-state index contributed by atoms with van der Waals surface area (Å²) in [4.78, 5) is 28.5. The summed E-state index contributed by atoms with van der Waals surface area (Å²) in [5.41, 5.74) is 0.278. The lowest BCUT2D eigenvalue weighted by Crippen LogP contribution is -2.50. The molecule has 0 aliphatic heterocycles. The SMILES string of the molecule is CCNC(=O)C(Cc1ccccc1)N(Cc1ccc(Cl)c(Cl)c1)C(=O)CCCN(c1cccc(C(F)(F)F)c1)S(C)(=O)=O. The molecular formula is C30H32Cl2F3N3O4S. The van der Waals surface area contributed by atoms with Gasteiger partial charge in [0.25, 0.3) is 0 Å². The van der Waals surface area contributed by atoms with Gasteiger partial charge in [-0.05, 0) is 54.8 Å². The van der Waals surface area contributed by atoms with E-state index in [-0.39, 0.29) is 49.0 Å². The molecule has 13 heteroatoms. The molecule has 3 aromatic rings. The highest BCUT2D eigenvalue weighted by Gasteiger charge is 2.32. The highest BCUT2D eigenvalue weighted by molar-refractivity contribution is 7.92. The Morgan fingerprint density at radius 2 is 1.63 bits per heavy atom. The van der Waals surface area contributed by atoms with E-state index < -0.39 is 33.7 Å². The molecule has 1 atom stereocenters. The van der Waals surface area contributed by atoms with E-state index in [1.54, 1.807) is 25.1 Å². The lowest BCUT2D eigenvalue weighted by molar-refractivity contribution is -0.141. The summed E-state index contributed by atoms with van der Waals surface area (Å²) in [5, 5.41) is 3.38. The minimum atomic E-state index is -4.66. The number of nitrogens with zero attached hydrogens (tertiary/aromatic N) is 2. The quantitative estimate of drug-likeness (QED) is 0.233. The van der Waals surface area contributed by atoms with Gasteiger partial charge in [-0.25, -0.2) is 8.42 Å². The van der Waals surface area contributed by atoms with Crippen LogP contribution in [-0.2, 0) is 38.8 Å². The van der Waals surface area contributed by atoms with Crippen molar-refractivity contribution in [2.24, 2.45) is 0 Å². The van der Waals surface area contributed by atoms with Crippen molar-refractivity contribution in [3.8, 4) is 0 Å². The number of benzene rings is 3. The van der Waals surface area contributed by atoms with Gasteiger partial charge in [0.05, 0.1) is 27.6 Å². The van der Waals surface area contributed by atoms with Crippen molar-refractivity contribution in [1.82, 2.24) is 10.2 Å². The molecule has 43 heavy (non-hydrogen) atoms. The van der Waals surface area contributed by atoms with Gasteiger partial charge in [-0.2, -0.15) is 13.2 Å². The zero-order valence-electron chi connectivity index (χ0n) is 23.6. The molecular weight excluding hydrogens is 626 g/mol. The minimum Gasteiger partial charge on any atom is -0.355 e. The summed E-state index contributed by atoms with van der Waals surface area (Å²) in [6.45, 7) is 1.85. The van der Waals surface area contributed by atoms with Crippen molar-refractivity contribution in [3.63, 3.8) is 0 Å². The van der Waals surface area contributed by atoms with E-state index in [9.17, 15) is 31.2 Å². The predicted octanol–water partition coefficient (Wildman–Crippen LogP) is 6.33. The Bertz CT molecular complexity index is 1520. The average Bonchev–Trinajstić information content (AvgIpc) is 2.94. The van der Waals surface area contributed by atoms with Crippen LogP contribution in [0.3, 0.4) is 0 Å². The summed E-state index contributed by atoms with van der Waals surface area (Å²) in [6.07, 6.45) is -3.77. The van der Waals surface area contributed by atoms with Crippen molar-refractivity contribution in [3.05, 3.63) is 99.5 Å². The number of halogens is 5. The molecule has 3 rings (SSSR count). The molecule has 1 N–H and O–H groups in total. The summed E-state index contributed by atoms with van der Waals surface area (Å²) in [5.74, 6) is -0.822. The molecule has 232 valence electrons. The van der Waals surface area contributed by atoms with Crippen molar-refractivity contribution in [2.45, 2.75) is 44.9 Å². The first-order valence-electron chi connectivity index (χ1n) is 13.4. The second-order valence-corrected chi connectivity index (χ2v) is 12.6. The molecule has 0 saturated heterocycles. The third-order valence-electron chi connectivity index (χ3n) is 6.57. The maximum absolute atomic E-state index is 13.8. The van der Waals surface area contributed by atoms with E-state index in [0.717, 1.165) is 34.3 Å². The number of likely N-dealkylation sites (N-methyl/N-ethyl adjacent to an activating group) is 1. The summed E-state index contributed by atoms with van der Waals surface area (Å²) >= 11 is 12.3. The van der Waals surface area contributed by atoms with Crippen LogP contribution in [0.5, 0.6) is 0 Å². The fraction of sp³-hybridized carbons (Fsp3) is 0.333. The molecule has 0 aromatic heterocycles. The number of rotatable bonds is 13. The first-order valence-corrected chi connectivity index (χ1v) is 16.0. The van der Waals surface area contributed by atoms with E-state index >= 15 is 0 Å². The fourth-order valence-corrected chi connectivity index (χ4v) is 5.80. The number of hydrogen-bond donors (Lipinski definition) is 1. The predicted molar refractivity (Wildman–Crippen MR) is 162 cm³/mol. The molecule has 3 aromatic carbocycles. The second kappa shape index (κ2) is 14.9. The molecule has 0 fully saturated rings. The molecule has 0 aliphatic carbocycles. The van der Waals surface area contributed by atoms with E-state index in [4.69, 9.17) is 23.2 Å². The zero-order chi connectivity index (χ0) is 31.8. The van der Waals surface area contributed by atoms with E-state index in [0.29, 0.717) is 17.1 Å². The number of amides is 2. The maximum atomic E-state index is 13.8. The number of hydrogen-bond acceptors (Lipinski definition) is 4. The lowest BCUT2D eigenvalue weighted by atomic mass is 10.0. The fourth-order valence-electron chi connectivity index (χ4n) is 4.52. The second-order valence-electron chi connectivity index (χ2n) is 9.86. The topological polar surface area (TPSA) is 86.8 Å². The summed E-state index contributed by atoms with van der Waals surface area (Å²) < 4.78 is 65.8. The van der Waals surface area contributed by atoms with Crippen LogP contribution in [0.15, 0.2) is 72.8 Å². The molecule has 0 heterocycles. The van der Waals surface area contributed by atoms with Gasteiger partial charge in [-0.3, -0.25) is 13.9 Å². The van der Waals surface area contributed by atoms with Crippen LogP contribution < -0.4 is 9.62 Å². The van der Waals surface area contributed by atoms with E-state index in [1.165, 1.54) is 11.0 Å². The summed E-state index contributed by atoms with van der Waals surface area (Å²) in [6, 6.07) is 17.1. The minimum absolute atomic E-state index is 0.00771. The third kappa shape index (κ3) is 9.87. The number of carbonyl (C=O) groups excluding carboxylic acids is 2. The van der Waals surface area contributed by atoms with Crippen molar-refractivity contribution < 1.29 is 31.2 Å². The van der Waals surface area contributed by atoms with E-state index in [2.05, 4.69) is 5.32 Å². The monoisotopic (exact) mass is 657 g/mol. The molecule has 0 saturated carbocycles. The Balaban J connectivity index is 1.90. The zero-order valence-corrected chi connectivity index (χ0v) is 25.9. The van der Waals surface area contributed by atoms with Crippen LogP contribution >= 0.6 is 23.2 Å². The molecule has 0 radical (unpaired) electrons. The van der Waals surface area contributed by atoms with Gasteiger partial charge in [-0.1, -0.05) is 65.7 Å². The van der Waals surface area contributed by atoms with Crippen molar-refractivity contribution in [1.29, 1.82) is 0 Å². The third-order valence-corrected chi connectivity index (χ3v) is 8.51. The van der Waals surface area contributed by atoms with Gasteiger partial charge >= 0.3 is 6.18 Å². The highest BCUT2D eigenvalue weighted by atomic mass is 35.5. The van der Waals surface area contributed by atoms with Gasteiger partial charge in [0, 0.05) is 32.5 Å². The first-order chi connectivity index (χ1) is 20.2. The Morgan fingerprint density at radius 3 is 2.23 bits per heavy atom. The van der Waals surface area contributed by atoms with Crippen LogP contribution in [0, 0.1) is 0 Å². The van der Waals surface area contributed by atoms with Crippen LogP contribution in [-0.4, -0.2) is 50.5 Å². The number of anilines is 1.